The first-order valence-corrected chi connectivity index (χ1v) is 5.33. The van der Waals surface area contributed by atoms with Gasteiger partial charge in [-0.1, -0.05) is 6.92 Å². The molecule has 0 radical (unpaired) electrons. The maximum Gasteiger partial charge on any atom is 0.0684 e. The summed E-state index contributed by atoms with van der Waals surface area (Å²) in [5.74, 6) is 0. The molecule has 0 amide bonds. The van der Waals surface area contributed by atoms with Crippen molar-refractivity contribution in [3.8, 4) is 0 Å². The number of nitrogens with zero attached hydrogens (tertiary/aromatic N) is 1. The fourth-order valence-corrected chi connectivity index (χ4v) is 1.94. The lowest BCUT2D eigenvalue weighted by molar-refractivity contribution is 0.707. The maximum atomic E-state index is 4.26. The third kappa shape index (κ3) is 2.84. The van der Waals surface area contributed by atoms with Crippen molar-refractivity contribution >= 4 is 31.9 Å². The van der Waals surface area contributed by atoms with Crippen molar-refractivity contribution in [2.75, 3.05) is 6.54 Å². The third-order valence-corrected chi connectivity index (χ3v) is 2.55. The van der Waals surface area contributed by atoms with Crippen LogP contribution in [0.4, 0.5) is 0 Å². The fraction of sp³-hybridized carbons (Fsp3) is 0.375. The van der Waals surface area contributed by atoms with Crippen molar-refractivity contribution in [3.63, 3.8) is 0 Å². The second-order valence-electron chi connectivity index (χ2n) is 2.36. The molecule has 0 aromatic carbocycles. The number of rotatable bonds is 3. The van der Waals surface area contributed by atoms with Crippen LogP contribution in [0.25, 0.3) is 0 Å². The molecule has 1 aromatic rings. The van der Waals surface area contributed by atoms with Gasteiger partial charge in [0.1, 0.15) is 0 Å². The van der Waals surface area contributed by atoms with E-state index in [2.05, 4.69) is 49.1 Å². The summed E-state index contributed by atoms with van der Waals surface area (Å²) in [6, 6.07) is 2.00. The highest BCUT2D eigenvalue weighted by molar-refractivity contribution is 9.11. The normalized spacial score (nSPS) is 10.2. The smallest absolute Gasteiger partial charge is 0.0684 e. The number of hydrogen-bond acceptors (Lipinski definition) is 2. The summed E-state index contributed by atoms with van der Waals surface area (Å²) in [7, 11) is 0. The Hall–Kier alpha value is 0.0700. The SMILES string of the molecule is CCNCc1ncc(Br)cc1Br. The van der Waals surface area contributed by atoms with Gasteiger partial charge < -0.3 is 5.32 Å². The van der Waals surface area contributed by atoms with Gasteiger partial charge in [0.15, 0.2) is 0 Å². The Balaban J connectivity index is 2.72. The summed E-state index contributed by atoms with van der Waals surface area (Å²) in [5.41, 5.74) is 1.04. The van der Waals surface area contributed by atoms with Crippen molar-refractivity contribution < 1.29 is 0 Å². The highest BCUT2D eigenvalue weighted by Crippen LogP contribution is 2.19. The molecule has 66 valence electrons. The molecule has 0 aliphatic rings. The third-order valence-electron chi connectivity index (χ3n) is 1.43. The first-order chi connectivity index (χ1) is 5.74. The van der Waals surface area contributed by atoms with Crippen molar-refractivity contribution in [3.05, 3.63) is 26.9 Å². The minimum atomic E-state index is 0.810. The van der Waals surface area contributed by atoms with E-state index in [4.69, 9.17) is 0 Å². The summed E-state index contributed by atoms with van der Waals surface area (Å²) in [4.78, 5) is 4.26. The molecular formula is C8H10Br2N2. The predicted octanol–water partition coefficient (Wildman–Crippen LogP) is 2.72. The first-order valence-electron chi connectivity index (χ1n) is 3.74. The average Bonchev–Trinajstić information content (AvgIpc) is 2.03. The van der Waals surface area contributed by atoms with Gasteiger partial charge in [0.2, 0.25) is 0 Å². The molecule has 1 heterocycles. The second-order valence-corrected chi connectivity index (χ2v) is 4.13. The van der Waals surface area contributed by atoms with E-state index in [0.717, 1.165) is 27.7 Å². The summed E-state index contributed by atoms with van der Waals surface area (Å²) in [5, 5.41) is 3.22. The molecule has 1 aromatic heterocycles. The Morgan fingerprint density at radius 1 is 1.50 bits per heavy atom. The number of halogens is 2. The Labute approximate surface area is 89.0 Å². The molecule has 12 heavy (non-hydrogen) atoms. The molecule has 0 saturated carbocycles. The highest BCUT2D eigenvalue weighted by Gasteiger charge is 2.00. The molecule has 0 spiro atoms. The van der Waals surface area contributed by atoms with Crippen LogP contribution in [0.2, 0.25) is 0 Å². The van der Waals surface area contributed by atoms with Gasteiger partial charge in [0.25, 0.3) is 0 Å². The Morgan fingerprint density at radius 2 is 2.25 bits per heavy atom. The molecule has 4 heteroatoms. The van der Waals surface area contributed by atoms with Crippen LogP contribution in [0.5, 0.6) is 0 Å². The van der Waals surface area contributed by atoms with Crippen molar-refractivity contribution in [1.29, 1.82) is 0 Å². The largest absolute Gasteiger partial charge is 0.311 e. The lowest BCUT2D eigenvalue weighted by atomic mass is 10.3. The van der Waals surface area contributed by atoms with Gasteiger partial charge in [-0.05, 0) is 44.5 Å². The van der Waals surface area contributed by atoms with Gasteiger partial charge in [-0.2, -0.15) is 0 Å². The predicted molar refractivity (Wildman–Crippen MR) is 57.0 cm³/mol. The van der Waals surface area contributed by atoms with Crippen LogP contribution in [0.1, 0.15) is 12.6 Å². The van der Waals surface area contributed by atoms with Crippen molar-refractivity contribution in [1.82, 2.24) is 10.3 Å². The minimum Gasteiger partial charge on any atom is -0.311 e. The molecule has 1 rings (SSSR count). The van der Waals surface area contributed by atoms with E-state index in [1.807, 2.05) is 6.07 Å². The molecular weight excluding hydrogens is 284 g/mol. The number of nitrogens with one attached hydrogen (secondary N) is 1. The van der Waals surface area contributed by atoms with E-state index in [1.165, 1.54) is 0 Å². The summed E-state index contributed by atoms with van der Waals surface area (Å²) in [6.07, 6.45) is 1.80. The highest BCUT2D eigenvalue weighted by atomic mass is 79.9. The lowest BCUT2D eigenvalue weighted by Crippen LogP contribution is -2.13. The Morgan fingerprint density at radius 3 is 2.83 bits per heavy atom. The van der Waals surface area contributed by atoms with Gasteiger partial charge in [-0.15, -0.1) is 0 Å². The van der Waals surface area contributed by atoms with Crippen LogP contribution in [0.3, 0.4) is 0 Å². The Kier molecular flexibility index (Phi) is 4.18. The molecule has 0 bridgehead atoms. The van der Waals surface area contributed by atoms with Crippen LogP contribution in [-0.2, 0) is 6.54 Å². The topological polar surface area (TPSA) is 24.9 Å². The standard InChI is InChI=1S/C8H10Br2N2/c1-2-11-5-8-7(10)3-6(9)4-12-8/h3-4,11H,2,5H2,1H3. The molecule has 2 nitrogen and oxygen atoms in total. The fourth-order valence-electron chi connectivity index (χ4n) is 0.816. The molecule has 0 aliphatic heterocycles. The average molecular weight is 294 g/mol. The minimum absolute atomic E-state index is 0.810. The number of pyridine rings is 1. The quantitative estimate of drug-likeness (QED) is 0.927. The maximum absolute atomic E-state index is 4.26. The van der Waals surface area contributed by atoms with Crippen molar-refractivity contribution in [2.45, 2.75) is 13.5 Å². The molecule has 0 aliphatic carbocycles. The van der Waals surface area contributed by atoms with E-state index in [0.29, 0.717) is 0 Å². The summed E-state index contributed by atoms with van der Waals surface area (Å²) >= 11 is 6.80. The van der Waals surface area contributed by atoms with Crippen LogP contribution in [-0.4, -0.2) is 11.5 Å². The van der Waals surface area contributed by atoms with E-state index in [-0.39, 0.29) is 0 Å². The van der Waals surface area contributed by atoms with Crippen molar-refractivity contribution in [2.24, 2.45) is 0 Å². The van der Waals surface area contributed by atoms with Crippen LogP contribution >= 0.6 is 31.9 Å². The van der Waals surface area contributed by atoms with Gasteiger partial charge in [0, 0.05) is 21.7 Å². The molecule has 1 N–H and O–H groups in total. The molecule has 0 atom stereocenters. The van der Waals surface area contributed by atoms with E-state index < -0.39 is 0 Å². The number of hydrogen-bond donors (Lipinski definition) is 1. The first kappa shape index (κ1) is 10.2. The van der Waals surface area contributed by atoms with Crippen LogP contribution in [0, 0.1) is 0 Å². The number of aromatic nitrogens is 1. The Bertz CT molecular complexity index is 263. The molecule has 0 saturated heterocycles. The second kappa shape index (κ2) is 4.94. The zero-order chi connectivity index (χ0) is 8.97. The molecule has 0 unspecified atom stereocenters. The van der Waals surface area contributed by atoms with Gasteiger partial charge in [-0.25, -0.2) is 0 Å². The monoisotopic (exact) mass is 292 g/mol. The summed E-state index contributed by atoms with van der Waals surface area (Å²) < 4.78 is 2.03. The van der Waals surface area contributed by atoms with Crippen LogP contribution < -0.4 is 5.32 Å². The molecule has 0 fully saturated rings. The van der Waals surface area contributed by atoms with Gasteiger partial charge in [-0.3, -0.25) is 4.98 Å². The lowest BCUT2D eigenvalue weighted by Gasteiger charge is -2.03. The van der Waals surface area contributed by atoms with Gasteiger partial charge >= 0.3 is 0 Å². The van der Waals surface area contributed by atoms with Gasteiger partial charge in [0.05, 0.1) is 5.69 Å². The van der Waals surface area contributed by atoms with Crippen LogP contribution in [0.15, 0.2) is 21.2 Å². The summed E-state index contributed by atoms with van der Waals surface area (Å²) in [6.45, 7) is 3.85. The van der Waals surface area contributed by atoms with E-state index >= 15 is 0 Å². The zero-order valence-corrected chi connectivity index (χ0v) is 9.94. The zero-order valence-electron chi connectivity index (χ0n) is 6.77. The van der Waals surface area contributed by atoms with E-state index in [9.17, 15) is 0 Å². The van der Waals surface area contributed by atoms with E-state index in [1.54, 1.807) is 6.20 Å².